The summed E-state index contributed by atoms with van der Waals surface area (Å²) in [5.41, 5.74) is 1.90. The molecule has 1 saturated carbocycles. The van der Waals surface area contributed by atoms with Gasteiger partial charge in [-0.05, 0) is 37.3 Å². The van der Waals surface area contributed by atoms with Crippen molar-refractivity contribution in [3.63, 3.8) is 0 Å². The van der Waals surface area contributed by atoms with Gasteiger partial charge in [-0.3, -0.25) is 14.6 Å². The number of amides is 1. The van der Waals surface area contributed by atoms with E-state index < -0.39 is 5.97 Å². The van der Waals surface area contributed by atoms with Crippen molar-refractivity contribution >= 4 is 22.8 Å². The largest absolute Gasteiger partial charge is 0.481 e. The third kappa shape index (κ3) is 3.50. The fourth-order valence-electron chi connectivity index (χ4n) is 3.24. The lowest BCUT2D eigenvalue weighted by atomic mass is 9.81. The Kier molecular flexibility index (Phi) is 4.55. The Hall–Kier alpha value is -2.43. The first kappa shape index (κ1) is 15.5. The zero-order valence-electron chi connectivity index (χ0n) is 12.9. The molecule has 2 aromatic rings. The maximum absolute atomic E-state index is 12.3. The van der Waals surface area contributed by atoms with Crippen LogP contribution in [0.5, 0.6) is 0 Å². The highest BCUT2D eigenvalue weighted by molar-refractivity contribution is 5.83. The van der Waals surface area contributed by atoms with Crippen LogP contribution >= 0.6 is 0 Å². The quantitative estimate of drug-likeness (QED) is 0.910. The highest BCUT2D eigenvalue weighted by Crippen LogP contribution is 2.29. The average molecular weight is 312 g/mol. The number of nitrogens with one attached hydrogen (secondary N) is 1. The Labute approximate surface area is 134 Å². The number of benzene rings is 1. The first-order chi connectivity index (χ1) is 11.1. The van der Waals surface area contributed by atoms with Crippen LogP contribution in [0.4, 0.5) is 0 Å². The lowest BCUT2D eigenvalue weighted by Gasteiger charge is -2.25. The summed E-state index contributed by atoms with van der Waals surface area (Å²) < 4.78 is 0. The van der Waals surface area contributed by atoms with Gasteiger partial charge >= 0.3 is 5.97 Å². The summed E-state index contributed by atoms with van der Waals surface area (Å²) in [5, 5.41) is 13.0. The molecule has 0 radical (unpaired) electrons. The molecule has 1 aromatic heterocycles. The molecule has 1 heterocycles. The lowest BCUT2D eigenvalue weighted by molar-refractivity contribution is -0.144. The highest BCUT2D eigenvalue weighted by Gasteiger charge is 2.29. The smallest absolute Gasteiger partial charge is 0.306 e. The molecular formula is C18H20N2O3. The molecule has 0 saturated heterocycles. The van der Waals surface area contributed by atoms with Gasteiger partial charge in [0.15, 0.2) is 0 Å². The molecule has 1 aromatic carbocycles. The molecule has 0 atom stereocenters. The Morgan fingerprint density at radius 3 is 2.52 bits per heavy atom. The summed E-state index contributed by atoms with van der Waals surface area (Å²) in [7, 11) is 0. The first-order valence-electron chi connectivity index (χ1n) is 7.98. The summed E-state index contributed by atoms with van der Waals surface area (Å²) in [6, 6.07) is 9.83. The van der Waals surface area contributed by atoms with Crippen LogP contribution < -0.4 is 5.32 Å². The topological polar surface area (TPSA) is 79.3 Å². The first-order valence-corrected chi connectivity index (χ1v) is 7.98. The second-order valence-electron chi connectivity index (χ2n) is 6.10. The average Bonchev–Trinajstić information content (AvgIpc) is 2.59. The molecule has 0 spiro atoms. The van der Waals surface area contributed by atoms with E-state index in [2.05, 4.69) is 10.3 Å². The fourth-order valence-corrected chi connectivity index (χ4v) is 3.24. The minimum atomic E-state index is -0.745. The summed E-state index contributed by atoms with van der Waals surface area (Å²) in [6.45, 7) is 0.450. The number of aromatic nitrogens is 1. The molecule has 23 heavy (non-hydrogen) atoms. The number of carboxylic acids is 1. The van der Waals surface area contributed by atoms with Crippen molar-refractivity contribution in [2.24, 2.45) is 11.8 Å². The van der Waals surface area contributed by atoms with E-state index >= 15 is 0 Å². The predicted molar refractivity (Wildman–Crippen MR) is 86.7 cm³/mol. The van der Waals surface area contributed by atoms with E-state index in [4.69, 9.17) is 5.11 Å². The van der Waals surface area contributed by atoms with Crippen LogP contribution in [-0.4, -0.2) is 22.0 Å². The number of hydrogen-bond acceptors (Lipinski definition) is 3. The van der Waals surface area contributed by atoms with Crippen molar-refractivity contribution < 1.29 is 14.7 Å². The van der Waals surface area contributed by atoms with E-state index in [1.165, 1.54) is 0 Å². The number of aliphatic carboxylic acids is 1. The molecule has 0 bridgehead atoms. The molecular weight excluding hydrogens is 292 g/mol. The van der Waals surface area contributed by atoms with E-state index in [-0.39, 0.29) is 17.7 Å². The van der Waals surface area contributed by atoms with Gasteiger partial charge < -0.3 is 10.4 Å². The van der Waals surface area contributed by atoms with Crippen LogP contribution in [0, 0.1) is 11.8 Å². The van der Waals surface area contributed by atoms with Crippen molar-refractivity contribution in [2.45, 2.75) is 32.2 Å². The van der Waals surface area contributed by atoms with Crippen molar-refractivity contribution in [3.05, 3.63) is 42.1 Å². The maximum atomic E-state index is 12.3. The zero-order chi connectivity index (χ0) is 16.2. The summed E-state index contributed by atoms with van der Waals surface area (Å²) in [5.74, 6) is -1.10. The number of fused-ring (bicyclic) bond motifs is 1. The minimum Gasteiger partial charge on any atom is -0.481 e. The lowest BCUT2D eigenvalue weighted by Crippen LogP contribution is -2.34. The van der Waals surface area contributed by atoms with E-state index in [0.717, 1.165) is 16.5 Å². The van der Waals surface area contributed by atoms with Gasteiger partial charge in [0.25, 0.3) is 0 Å². The normalized spacial score (nSPS) is 21.0. The summed E-state index contributed by atoms with van der Waals surface area (Å²) >= 11 is 0. The van der Waals surface area contributed by atoms with Gasteiger partial charge in [-0.15, -0.1) is 0 Å². The van der Waals surface area contributed by atoms with Crippen LogP contribution in [0.25, 0.3) is 10.9 Å². The molecule has 1 aliphatic carbocycles. The monoisotopic (exact) mass is 312 g/mol. The Morgan fingerprint density at radius 1 is 1.09 bits per heavy atom. The van der Waals surface area contributed by atoms with Gasteiger partial charge in [0.1, 0.15) is 0 Å². The number of carbonyl (C=O) groups excluding carboxylic acids is 1. The number of carbonyl (C=O) groups is 2. The molecule has 2 N–H and O–H groups in total. The third-order valence-electron chi connectivity index (χ3n) is 4.62. The van der Waals surface area contributed by atoms with Crippen molar-refractivity contribution in [1.29, 1.82) is 0 Å². The van der Waals surface area contributed by atoms with Gasteiger partial charge in [-0.25, -0.2) is 0 Å². The van der Waals surface area contributed by atoms with E-state index in [1.54, 1.807) is 6.20 Å². The number of hydrogen-bond donors (Lipinski definition) is 2. The number of pyridine rings is 1. The van der Waals surface area contributed by atoms with E-state index in [1.807, 2.05) is 30.3 Å². The SMILES string of the molecule is O=C(O)C1CCC(C(=O)NCc2cccc3cccnc23)CC1. The molecule has 1 aliphatic rings. The standard InChI is InChI=1S/C18H20N2O3/c21-17(13-6-8-14(9-7-13)18(22)23)20-11-15-4-1-3-12-5-2-10-19-16(12)15/h1-5,10,13-14H,6-9,11H2,(H,20,21)(H,22,23). The maximum Gasteiger partial charge on any atom is 0.306 e. The molecule has 3 rings (SSSR count). The fraction of sp³-hybridized carbons (Fsp3) is 0.389. The molecule has 0 aliphatic heterocycles. The van der Waals surface area contributed by atoms with Crippen molar-refractivity contribution in [1.82, 2.24) is 10.3 Å². The van der Waals surface area contributed by atoms with Crippen LogP contribution in [0.2, 0.25) is 0 Å². The Balaban J connectivity index is 1.60. The van der Waals surface area contributed by atoms with Crippen LogP contribution in [0.1, 0.15) is 31.2 Å². The van der Waals surface area contributed by atoms with Gasteiger partial charge in [0.05, 0.1) is 11.4 Å². The van der Waals surface area contributed by atoms with Gasteiger partial charge in [0.2, 0.25) is 5.91 Å². The van der Waals surface area contributed by atoms with Crippen LogP contribution in [0.3, 0.4) is 0 Å². The van der Waals surface area contributed by atoms with E-state index in [0.29, 0.717) is 32.2 Å². The minimum absolute atomic E-state index is 0.0155. The molecule has 0 unspecified atom stereocenters. The molecule has 1 amide bonds. The third-order valence-corrected chi connectivity index (χ3v) is 4.62. The second kappa shape index (κ2) is 6.77. The number of para-hydroxylation sites is 1. The Bertz CT molecular complexity index is 716. The van der Waals surface area contributed by atoms with Crippen LogP contribution in [-0.2, 0) is 16.1 Å². The van der Waals surface area contributed by atoms with Crippen molar-refractivity contribution in [2.75, 3.05) is 0 Å². The van der Waals surface area contributed by atoms with Gasteiger partial charge in [0, 0.05) is 24.0 Å². The number of nitrogens with zero attached hydrogens (tertiary/aromatic N) is 1. The van der Waals surface area contributed by atoms with Crippen LogP contribution in [0.15, 0.2) is 36.5 Å². The summed E-state index contributed by atoms with van der Waals surface area (Å²) in [6.07, 6.45) is 4.22. The highest BCUT2D eigenvalue weighted by atomic mass is 16.4. The number of carboxylic acid groups (broad SMARTS) is 1. The molecule has 5 nitrogen and oxygen atoms in total. The molecule has 5 heteroatoms. The number of rotatable bonds is 4. The van der Waals surface area contributed by atoms with E-state index in [9.17, 15) is 9.59 Å². The van der Waals surface area contributed by atoms with Gasteiger partial charge in [-0.1, -0.05) is 24.3 Å². The van der Waals surface area contributed by atoms with Gasteiger partial charge in [-0.2, -0.15) is 0 Å². The van der Waals surface area contributed by atoms with Crippen molar-refractivity contribution in [3.8, 4) is 0 Å². The Morgan fingerprint density at radius 2 is 1.78 bits per heavy atom. The second-order valence-corrected chi connectivity index (χ2v) is 6.10. The molecule has 1 fully saturated rings. The zero-order valence-corrected chi connectivity index (χ0v) is 12.9. The predicted octanol–water partition coefficient (Wildman–Crippen LogP) is 2.74. The molecule has 120 valence electrons. The summed E-state index contributed by atoms with van der Waals surface area (Å²) in [4.78, 5) is 27.6.